The zero-order chi connectivity index (χ0) is 14.0. The molecule has 0 bridgehead atoms. The molecule has 2 rings (SSSR count). The molecule has 0 radical (unpaired) electrons. The van der Waals surface area contributed by atoms with Gasteiger partial charge in [0, 0.05) is 12.2 Å². The molecule has 0 aliphatic rings. The summed E-state index contributed by atoms with van der Waals surface area (Å²) in [6, 6.07) is 7.74. The summed E-state index contributed by atoms with van der Waals surface area (Å²) in [7, 11) is 0. The van der Waals surface area contributed by atoms with Crippen molar-refractivity contribution in [1.82, 2.24) is 4.57 Å². The van der Waals surface area contributed by atoms with Gasteiger partial charge in [-0.15, -0.1) is 0 Å². The van der Waals surface area contributed by atoms with Gasteiger partial charge in [-0.05, 0) is 48.4 Å². The Hall–Kier alpha value is -2.14. The Labute approximate surface area is 109 Å². The maximum absolute atomic E-state index is 13.3. The Balaban J connectivity index is 2.55. The van der Waals surface area contributed by atoms with E-state index in [1.807, 2.05) is 0 Å². The number of aliphatic hydroxyl groups is 1. The van der Waals surface area contributed by atoms with E-state index >= 15 is 0 Å². The summed E-state index contributed by atoms with van der Waals surface area (Å²) in [5, 5.41) is 18.1. The standard InChI is InChI=1S/C14H14FNO3/c1-9-8-10(2-3-11(9)15)12-4-5-13(14(18)19)16(12)6-7-17/h2-5,8,17H,6-7H2,1H3,(H,18,19). The minimum Gasteiger partial charge on any atom is -0.477 e. The van der Waals surface area contributed by atoms with Gasteiger partial charge in [0.15, 0.2) is 0 Å². The molecule has 0 amide bonds. The van der Waals surface area contributed by atoms with Crippen LogP contribution in [-0.4, -0.2) is 27.4 Å². The van der Waals surface area contributed by atoms with Crippen molar-refractivity contribution in [1.29, 1.82) is 0 Å². The second-order valence-corrected chi connectivity index (χ2v) is 4.25. The van der Waals surface area contributed by atoms with Gasteiger partial charge in [-0.3, -0.25) is 0 Å². The lowest BCUT2D eigenvalue weighted by atomic mass is 10.1. The van der Waals surface area contributed by atoms with Crippen LogP contribution >= 0.6 is 0 Å². The van der Waals surface area contributed by atoms with Crippen LogP contribution in [0.15, 0.2) is 30.3 Å². The van der Waals surface area contributed by atoms with Gasteiger partial charge >= 0.3 is 5.97 Å². The molecule has 1 aromatic carbocycles. The van der Waals surface area contributed by atoms with Crippen molar-refractivity contribution in [2.45, 2.75) is 13.5 Å². The average molecular weight is 263 g/mol. The number of aryl methyl sites for hydroxylation is 1. The minimum absolute atomic E-state index is 0.103. The molecule has 0 aliphatic heterocycles. The third-order valence-electron chi connectivity index (χ3n) is 2.98. The molecule has 5 heteroatoms. The van der Waals surface area contributed by atoms with Crippen molar-refractivity contribution < 1.29 is 19.4 Å². The highest BCUT2D eigenvalue weighted by Crippen LogP contribution is 2.24. The van der Waals surface area contributed by atoms with Gasteiger partial charge < -0.3 is 14.8 Å². The number of carbonyl (C=O) groups is 1. The molecule has 2 N–H and O–H groups in total. The quantitative estimate of drug-likeness (QED) is 0.889. The molecule has 0 spiro atoms. The molecular formula is C14H14FNO3. The van der Waals surface area contributed by atoms with E-state index in [2.05, 4.69) is 0 Å². The molecule has 2 aromatic rings. The summed E-state index contributed by atoms with van der Waals surface area (Å²) < 4.78 is 14.8. The van der Waals surface area contributed by atoms with Crippen LogP contribution in [-0.2, 0) is 6.54 Å². The molecule has 0 atom stereocenters. The monoisotopic (exact) mass is 263 g/mol. The number of aromatic carboxylic acids is 1. The van der Waals surface area contributed by atoms with Gasteiger partial charge in [-0.25, -0.2) is 9.18 Å². The van der Waals surface area contributed by atoms with E-state index in [-0.39, 0.29) is 24.7 Å². The molecule has 1 heterocycles. The van der Waals surface area contributed by atoms with E-state index in [0.29, 0.717) is 11.3 Å². The first-order valence-electron chi connectivity index (χ1n) is 5.85. The predicted molar refractivity (Wildman–Crippen MR) is 68.6 cm³/mol. The number of carboxylic acids is 1. The number of hydrogen-bond donors (Lipinski definition) is 2. The number of carboxylic acid groups (broad SMARTS) is 1. The molecule has 0 aliphatic carbocycles. The second-order valence-electron chi connectivity index (χ2n) is 4.25. The third-order valence-corrected chi connectivity index (χ3v) is 2.98. The van der Waals surface area contributed by atoms with Crippen LogP contribution in [0.3, 0.4) is 0 Å². The summed E-state index contributed by atoms with van der Waals surface area (Å²) in [6.07, 6.45) is 0. The number of nitrogens with zero attached hydrogens (tertiary/aromatic N) is 1. The molecule has 1 aromatic heterocycles. The first-order valence-corrected chi connectivity index (χ1v) is 5.85. The topological polar surface area (TPSA) is 62.5 Å². The average Bonchev–Trinajstić information content (AvgIpc) is 2.77. The molecule has 100 valence electrons. The van der Waals surface area contributed by atoms with Crippen molar-refractivity contribution >= 4 is 5.97 Å². The van der Waals surface area contributed by atoms with E-state index in [4.69, 9.17) is 10.2 Å². The molecule has 19 heavy (non-hydrogen) atoms. The van der Waals surface area contributed by atoms with Crippen molar-refractivity contribution in [2.24, 2.45) is 0 Å². The lowest BCUT2D eigenvalue weighted by Crippen LogP contribution is -2.12. The summed E-state index contributed by atoms with van der Waals surface area (Å²) in [6.45, 7) is 1.67. The highest BCUT2D eigenvalue weighted by molar-refractivity contribution is 5.87. The largest absolute Gasteiger partial charge is 0.477 e. The number of aliphatic hydroxyl groups excluding tert-OH is 1. The van der Waals surface area contributed by atoms with E-state index < -0.39 is 5.97 Å². The normalized spacial score (nSPS) is 10.7. The van der Waals surface area contributed by atoms with Gasteiger partial charge in [0.25, 0.3) is 0 Å². The Kier molecular flexibility index (Phi) is 3.66. The number of halogens is 1. The van der Waals surface area contributed by atoms with Crippen LogP contribution in [0.5, 0.6) is 0 Å². The molecular weight excluding hydrogens is 249 g/mol. The van der Waals surface area contributed by atoms with E-state index in [0.717, 1.165) is 5.56 Å². The molecule has 4 nitrogen and oxygen atoms in total. The van der Waals surface area contributed by atoms with Gasteiger partial charge in [0.1, 0.15) is 11.5 Å². The van der Waals surface area contributed by atoms with E-state index in [1.54, 1.807) is 25.1 Å². The molecule has 0 unspecified atom stereocenters. The van der Waals surface area contributed by atoms with Crippen molar-refractivity contribution in [3.8, 4) is 11.3 Å². The summed E-state index contributed by atoms with van der Waals surface area (Å²) in [5.41, 5.74) is 1.96. The third kappa shape index (κ3) is 2.51. The Morgan fingerprint density at radius 2 is 2.05 bits per heavy atom. The molecule has 0 fully saturated rings. The number of rotatable bonds is 4. The second kappa shape index (κ2) is 5.24. The maximum Gasteiger partial charge on any atom is 0.352 e. The zero-order valence-corrected chi connectivity index (χ0v) is 10.4. The summed E-state index contributed by atoms with van der Waals surface area (Å²) in [4.78, 5) is 11.1. The van der Waals surface area contributed by atoms with Crippen molar-refractivity contribution in [2.75, 3.05) is 6.61 Å². The maximum atomic E-state index is 13.3. The van der Waals surface area contributed by atoms with Crippen LogP contribution in [0.1, 0.15) is 16.1 Å². The minimum atomic E-state index is -1.06. The fraction of sp³-hybridized carbons (Fsp3) is 0.214. The van der Waals surface area contributed by atoms with Gasteiger partial charge in [-0.1, -0.05) is 0 Å². The first-order chi connectivity index (χ1) is 9.04. The Bertz CT molecular complexity index is 619. The SMILES string of the molecule is Cc1cc(-c2ccc(C(=O)O)n2CCO)ccc1F. The summed E-state index contributed by atoms with van der Waals surface area (Å²) in [5.74, 6) is -1.36. The summed E-state index contributed by atoms with van der Waals surface area (Å²) >= 11 is 0. The number of benzene rings is 1. The zero-order valence-electron chi connectivity index (χ0n) is 10.4. The predicted octanol–water partition coefficient (Wildman–Crippen LogP) is 2.29. The fourth-order valence-electron chi connectivity index (χ4n) is 2.05. The van der Waals surface area contributed by atoms with E-state index in [1.165, 1.54) is 16.7 Å². The van der Waals surface area contributed by atoms with Crippen molar-refractivity contribution in [3.05, 3.63) is 47.4 Å². The van der Waals surface area contributed by atoms with Crippen molar-refractivity contribution in [3.63, 3.8) is 0 Å². The van der Waals surface area contributed by atoms with Crippen LogP contribution < -0.4 is 0 Å². The number of hydrogen-bond acceptors (Lipinski definition) is 2. The fourth-order valence-corrected chi connectivity index (χ4v) is 2.05. The molecule has 0 saturated carbocycles. The smallest absolute Gasteiger partial charge is 0.352 e. The lowest BCUT2D eigenvalue weighted by molar-refractivity contribution is 0.0684. The Morgan fingerprint density at radius 3 is 2.63 bits per heavy atom. The Morgan fingerprint density at radius 1 is 1.32 bits per heavy atom. The highest BCUT2D eigenvalue weighted by atomic mass is 19.1. The van der Waals surface area contributed by atoms with Gasteiger partial charge in [-0.2, -0.15) is 0 Å². The highest BCUT2D eigenvalue weighted by Gasteiger charge is 2.15. The van der Waals surface area contributed by atoms with Crippen LogP contribution in [0.25, 0.3) is 11.3 Å². The molecule has 0 saturated heterocycles. The first kappa shape index (κ1) is 13.3. The van der Waals surface area contributed by atoms with E-state index in [9.17, 15) is 9.18 Å². The van der Waals surface area contributed by atoms with Gasteiger partial charge in [0.05, 0.1) is 6.61 Å². The van der Waals surface area contributed by atoms with Gasteiger partial charge in [0.2, 0.25) is 0 Å². The number of aromatic nitrogens is 1. The van der Waals surface area contributed by atoms with Crippen LogP contribution in [0.4, 0.5) is 4.39 Å². The van der Waals surface area contributed by atoms with Crippen LogP contribution in [0, 0.1) is 12.7 Å². The lowest BCUT2D eigenvalue weighted by Gasteiger charge is -2.11. The van der Waals surface area contributed by atoms with Crippen LogP contribution in [0.2, 0.25) is 0 Å².